The number of amides is 3. The lowest BCUT2D eigenvalue weighted by Crippen LogP contribution is -2.57. The van der Waals surface area contributed by atoms with Crippen LogP contribution in [0.15, 0.2) is 30.3 Å². The van der Waals surface area contributed by atoms with Gasteiger partial charge < -0.3 is 19.6 Å². The Hall–Kier alpha value is -2.57. The molecule has 0 saturated carbocycles. The first kappa shape index (κ1) is 19.7. The van der Waals surface area contributed by atoms with E-state index in [1.165, 1.54) is 0 Å². The van der Waals surface area contributed by atoms with Crippen LogP contribution in [0.5, 0.6) is 0 Å². The van der Waals surface area contributed by atoms with Gasteiger partial charge in [-0.3, -0.25) is 14.4 Å². The molecule has 0 atom stereocenters. The van der Waals surface area contributed by atoms with Crippen molar-refractivity contribution in [3.8, 4) is 0 Å². The molecule has 0 aromatic heterocycles. The normalized spacial score (nSPS) is 21.3. The molecule has 0 aliphatic carbocycles. The molecule has 3 heterocycles. The van der Waals surface area contributed by atoms with Crippen molar-refractivity contribution in [2.75, 3.05) is 44.3 Å². The van der Waals surface area contributed by atoms with E-state index < -0.39 is 5.54 Å². The van der Waals surface area contributed by atoms with Crippen molar-refractivity contribution in [2.24, 2.45) is 0 Å². The van der Waals surface area contributed by atoms with Gasteiger partial charge in [-0.2, -0.15) is 0 Å². The molecule has 3 aliphatic rings. The van der Waals surface area contributed by atoms with Crippen LogP contribution in [-0.4, -0.2) is 77.4 Å². The molecule has 156 valence electrons. The Balaban J connectivity index is 1.56. The fourth-order valence-electron chi connectivity index (χ4n) is 4.90. The molecule has 1 aromatic carbocycles. The zero-order chi connectivity index (χ0) is 20.4. The third-order valence-electron chi connectivity index (χ3n) is 6.61. The van der Waals surface area contributed by atoms with Crippen LogP contribution in [-0.2, 0) is 14.4 Å². The Labute approximate surface area is 172 Å². The Kier molecular flexibility index (Phi) is 5.48. The Morgan fingerprint density at radius 2 is 1.55 bits per heavy atom. The molecule has 1 aromatic rings. The summed E-state index contributed by atoms with van der Waals surface area (Å²) in [4.78, 5) is 46.0. The van der Waals surface area contributed by atoms with Gasteiger partial charge in [0.1, 0.15) is 12.1 Å². The summed E-state index contributed by atoms with van der Waals surface area (Å²) in [7, 11) is 0. The monoisotopic (exact) mass is 398 g/mol. The van der Waals surface area contributed by atoms with Crippen LogP contribution in [0.1, 0.15) is 39.0 Å². The van der Waals surface area contributed by atoms with Crippen LogP contribution in [0, 0.1) is 0 Å². The summed E-state index contributed by atoms with van der Waals surface area (Å²) >= 11 is 0. The largest absolute Gasteiger partial charge is 0.343 e. The predicted molar refractivity (Wildman–Crippen MR) is 110 cm³/mol. The molecular weight excluding hydrogens is 368 g/mol. The molecule has 3 aliphatic heterocycles. The number of carbonyl (C=O) groups is 3. The summed E-state index contributed by atoms with van der Waals surface area (Å²) in [6, 6.07) is 9.95. The molecule has 0 N–H and O–H groups in total. The molecule has 7 nitrogen and oxygen atoms in total. The number of likely N-dealkylation sites (tertiary alicyclic amines) is 2. The second kappa shape index (κ2) is 8.05. The van der Waals surface area contributed by atoms with Crippen molar-refractivity contribution < 1.29 is 14.4 Å². The zero-order valence-corrected chi connectivity index (χ0v) is 17.2. The van der Waals surface area contributed by atoms with Gasteiger partial charge in [-0.05, 0) is 37.8 Å². The fraction of sp³-hybridized carbons (Fsp3) is 0.591. The number of piperidine rings is 1. The Morgan fingerprint density at radius 3 is 2.17 bits per heavy atom. The highest BCUT2D eigenvalue weighted by molar-refractivity contribution is 5.96. The molecular formula is C22H30N4O3. The van der Waals surface area contributed by atoms with Crippen LogP contribution < -0.4 is 4.90 Å². The van der Waals surface area contributed by atoms with Crippen molar-refractivity contribution >= 4 is 23.4 Å². The first-order valence-corrected chi connectivity index (χ1v) is 10.7. The number of nitrogens with zero attached hydrogens (tertiary/aromatic N) is 4. The lowest BCUT2D eigenvalue weighted by molar-refractivity contribution is -0.141. The quantitative estimate of drug-likeness (QED) is 0.774. The minimum Gasteiger partial charge on any atom is -0.343 e. The highest BCUT2D eigenvalue weighted by atomic mass is 16.2. The van der Waals surface area contributed by atoms with Gasteiger partial charge in [0.15, 0.2) is 0 Å². The topological polar surface area (TPSA) is 64.2 Å². The summed E-state index contributed by atoms with van der Waals surface area (Å²) in [5.41, 5.74) is 0.323. The average Bonchev–Trinajstić information content (AvgIpc) is 3.38. The fourth-order valence-corrected chi connectivity index (χ4v) is 4.90. The standard InChI is InChI=1S/C22H30N4O3/c1-2-19(27)24-14-10-22(11-15-24)21(29)25(16-20(28)23-12-6-7-13-23)17-26(22)18-8-4-3-5-9-18/h3-5,8-9H,2,6-7,10-17H2,1H3. The maximum atomic E-state index is 13.6. The molecule has 0 bridgehead atoms. The van der Waals surface area contributed by atoms with E-state index in [1.807, 2.05) is 47.1 Å². The van der Waals surface area contributed by atoms with E-state index in [2.05, 4.69) is 4.90 Å². The first-order valence-electron chi connectivity index (χ1n) is 10.7. The average molecular weight is 399 g/mol. The number of carbonyl (C=O) groups excluding carboxylic acids is 3. The van der Waals surface area contributed by atoms with Crippen LogP contribution in [0.2, 0.25) is 0 Å². The number of hydrogen-bond acceptors (Lipinski definition) is 4. The number of para-hydroxylation sites is 1. The van der Waals surface area contributed by atoms with E-state index in [0.29, 0.717) is 39.0 Å². The molecule has 3 fully saturated rings. The summed E-state index contributed by atoms with van der Waals surface area (Å²) in [5.74, 6) is 0.203. The molecule has 0 radical (unpaired) electrons. The first-order chi connectivity index (χ1) is 14.0. The van der Waals surface area contributed by atoms with Crippen LogP contribution >= 0.6 is 0 Å². The highest BCUT2D eigenvalue weighted by Gasteiger charge is 2.54. The number of anilines is 1. The molecule has 29 heavy (non-hydrogen) atoms. The Bertz CT molecular complexity index is 768. The van der Waals surface area contributed by atoms with Crippen molar-refractivity contribution in [2.45, 2.75) is 44.6 Å². The molecule has 1 spiro atoms. The summed E-state index contributed by atoms with van der Waals surface area (Å²) in [5, 5.41) is 0. The van der Waals surface area contributed by atoms with Crippen LogP contribution in [0.3, 0.4) is 0 Å². The molecule has 3 amide bonds. The highest BCUT2D eigenvalue weighted by Crippen LogP contribution is 2.39. The predicted octanol–water partition coefficient (Wildman–Crippen LogP) is 1.69. The third kappa shape index (κ3) is 3.58. The van der Waals surface area contributed by atoms with Gasteiger partial charge in [-0.15, -0.1) is 0 Å². The Morgan fingerprint density at radius 1 is 0.931 bits per heavy atom. The van der Waals surface area contributed by atoms with Gasteiger partial charge in [0.25, 0.3) is 5.91 Å². The lowest BCUT2D eigenvalue weighted by Gasteiger charge is -2.43. The van der Waals surface area contributed by atoms with E-state index >= 15 is 0 Å². The van der Waals surface area contributed by atoms with E-state index in [0.717, 1.165) is 31.6 Å². The van der Waals surface area contributed by atoms with Gasteiger partial charge in [0.05, 0.1) is 6.67 Å². The van der Waals surface area contributed by atoms with Crippen molar-refractivity contribution in [3.63, 3.8) is 0 Å². The molecule has 7 heteroatoms. The van der Waals surface area contributed by atoms with Crippen molar-refractivity contribution in [1.29, 1.82) is 0 Å². The van der Waals surface area contributed by atoms with Crippen molar-refractivity contribution in [1.82, 2.24) is 14.7 Å². The van der Waals surface area contributed by atoms with Crippen LogP contribution in [0.4, 0.5) is 5.69 Å². The van der Waals surface area contributed by atoms with Gasteiger partial charge in [0, 0.05) is 38.3 Å². The van der Waals surface area contributed by atoms with Gasteiger partial charge >= 0.3 is 0 Å². The summed E-state index contributed by atoms with van der Waals surface area (Å²) in [6.45, 7) is 5.18. The maximum absolute atomic E-state index is 13.6. The van der Waals surface area contributed by atoms with Gasteiger partial charge in [-0.1, -0.05) is 25.1 Å². The van der Waals surface area contributed by atoms with E-state index in [9.17, 15) is 14.4 Å². The SMILES string of the molecule is CCC(=O)N1CCC2(CC1)C(=O)N(CC(=O)N1CCCC1)CN2c1ccccc1. The number of hydrogen-bond donors (Lipinski definition) is 0. The van der Waals surface area contributed by atoms with Gasteiger partial charge in [-0.25, -0.2) is 0 Å². The second-order valence-corrected chi connectivity index (χ2v) is 8.26. The molecule has 0 unspecified atom stereocenters. The molecule has 3 saturated heterocycles. The minimum atomic E-state index is -0.669. The molecule has 4 rings (SSSR count). The third-order valence-corrected chi connectivity index (χ3v) is 6.61. The summed E-state index contributed by atoms with van der Waals surface area (Å²) < 4.78 is 0. The van der Waals surface area contributed by atoms with Crippen LogP contribution in [0.25, 0.3) is 0 Å². The van der Waals surface area contributed by atoms with E-state index in [4.69, 9.17) is 0 Å². The van der Waals surface area contributed by atoms with Gasteiger partial charge in [0.2, 0.25) is 11.8 Å². The second-order valence-electron chi connectivity index (χ2n) is 8.26. The lowest BCUT2D eigenvalue weighted by atomic mass is 9.85. The maximum Gasteiger partial charge on any atom is 0.250 e. The van der Waals surface area contributed by atoms with E-state index in [-0.39, 0.29) is 24.3 Å². The smallest absolute Gasteiger partial charge is 0.250 e. The number of rotatable bonds is 4. The minimum absolute atomic E-state index is 0.0255. The number of benzene rings is 1. The van der Waals surface area contributed by atoms with E-state index in [1.54, 1.807) is 4.90 Å². The summed E-state index contributed by atoms with van der Waals surface area (Å²) in [6.07, 6.45) is 3.77. The van der Waals surface area contributed by atoms with Crippen molar-refractivity contribution in [3.05, 3.63) is 30.3 Å². The zero-order valence-electron chi connectivity index (χ0n) is 17.2.